The van der Waals surface area contributed by atoms with Gasteiger partial charge in [0.2, 0.25) is 5.95 Å². The highest BCUT2D eigenvalue weighted by Crippen LogP contribution is 2.34. The molecule has 4 rings (SSSR count). The number of pyridine rings is 1. The van der Waals surface area contributed by atoms with Crippen LogP contribution in [-0.2, 0) is 4.74 Å². The SMILES string of the molecule is Cc1noc(C)c1-c1nc(NCCN2CCOCC2)ncc1-c1ccncc1. The van der Waals surface area contributed by atoms with Crippen molar-refractivity contribution in [2.45, 2.75) is 13.8 Å². The summed E-state index contributed by atoms with van der Waals surface area (Å²) in [6.07, 6.45) is 5.38. The number of hydrogen-bond donors (Lipinski definition) is 1. The van der Waals surface area contributed by atoms with Crippen LogP contribution in [0.3, 0.4) is 0 Å². The Morgan fingerprint density at radius 3 is 2.64 bits per heavy atom. The third kappa shape index (κ3) is 4.02. The molecule has 0 saturated carbocycles. The van der Waals surface area contributed by atoms with Crippen LogP contribution >= 0.6 is 0 Å². The Morgan fingerprint density at radius 1 is 1.14 bits per heavy atom. The van der Waals surface area contributed by atoms with Crippen molar-refractivity contribution in [2.24, 2.45) is 0 Å². The maximum absolute atomic E-state index is 5.39. The van der Waals surface area contributed by atoms with Crippen molar-refractivity contribution >= 4 is 5.95 Å². The number of anilines is 1. The Morgan fingerprint density at radius 2 is 1.93 bits per heavy atom. The second-order valence-corrected chi connectivity index (χ2v) is 6.77. The van der Waals surface area contributed by atoms with E-state index in [2.05, 4.69) is 25.3 Å². The molecule has 1 aliphatic heterocycles. The summed E-state index contributed by atoms with van der Waals surface area (Å²) in [5, 5.41) is 7.44. The van der Waals surface area contributed by atoms with Crippen LogP contribution in [0.2, 0.25) is 0 Å². The number of nitrogens with zero attached hydrogens (tertiary/aromatic N) is 5. The van der Waals surface area contributed by atoms with E-state index in [4.69, 9.17) is 14.2 Å². The molecule has 1 fully saturated rings. The van der Waals surface area contributed by atoms with Gasteiger partial charge in [0.1, 0.15) is 5.76 Å². The van der Waals surface area contributed by atoms with Crippen LogP contribution in [0, 0.1) is 13.8 Å². The molecule has 0 amide bonds. The van der Waals surface area contributed by atoms with Crippen molar-refractivity contribution in [3.05, 3.63) is 42.2 Å². The highest BCUT2D eigenvalue weighted by Gasteiger charge is 2.19. The number of aromatic nitrogens is 4. The number of aryl methyl sites for hydroxylation is 2. The normalized spacial score (nSPS) is 14.9. The molecular formula is C20H24N6O2. The monoisotopic (exact) mass is 380 g/mol. The van der Waals surface area contributed by atoms with Crippen molar-refractivity contribution in [3.63, 3.8) is 0 Å². The fourth-order valence-corrected chi connectivity index (χ4v) is 3.37. The summed E-state index contributed by atoms with van der Waals surface area (Å²) in [7, 11) is 0. The molecule has 8 heteroatoms. The average Bonchev–Trinajstić information content (AvgIpc) is 3.07. The molecular weight excluding hydrogens is 356 g/mol. The predicted octanol–water partition coefficient (Wildman–Crippen LogP) is 2.55. The summed E-state index contributed by atoms with van der Waals surface area (Å²) in [5.41, 5.74) is 4.46. The molecule has 0 radical (unpaired) electrons. The van der Waals surface area contributed by atoms with Crippen LogP contribution < -0.4 is 5.32 Å². The molecule has 8 nitrogen and oxygen atoms in total. The highest BCUT2D eigenvalue weighted by molar-refractivity contribution is 5.82. The molecule has 3 aromatic heterocycles. The van der Waals surface area contributed by atoms with E-state index in [0.29, 0.717) is 5.95 Å². The summed E-state index contributed by atoms with van der Waals surface area (Å²) >= 11 is 0. The van der Waals surface area contributed by atoms with Crippen molar-refractivity contribution in [3.8, 4) is 22.4 Å². The van der Waals surface area contributed by atoms with E-state index in [-0.39, 0.29) is 0 Å². The molecule has 1 aliphatic rings. The average molecular weight is 380 g/mol. The quantitative estimate of drug-likeness (QED) is 0.698. The van der Waals surface area contributed by atoms with E-state index in [1.807, 2.05) is 32.2 Å². The zero-order valence-electron chi connectivity index (χ0n) is 16.2. The first-order valence-electron chi connectivity index (χ1n) is 9.47. The fourth-order valence-electron chi connectivity index (χ4n) is 3.37. The van der Waals surface area contributed by atoms with Gasteiger partial charge < -0.3 is 14.6 Å². The van der Waals surface area contributed by atoms with Crippen LogP contribution in [0.4, 0.5) is 5.95 Å². The van der Waals surface area contributed by atoms with E-state index in [9.17, 15) is 0 Å². The van der Waals surface area contributed by atoms with Gasteiger partial charge in [-0.3, -0.25) is 9.88 Å². The Hall–Kier alpha value is -2.84. The van der Waals surface area contributed by atoms with Crippen LogP contribution in [0.25, 0.3) is 22.4 Å². The standard InChI is InChI=1S/C20H24N6O2/c1-14-18(15(2)28-25-14)19-17(16-3-5-21-6-4-16)13-23-20(24-19)22-7-8-26-9-11-27-12-10-26/h3-6,13H,7-12H2,1-2H3,(H,22,23,24). The number of morpholine rings is 1. The van der Waals surface area contributed by atoms with E-state index in [1.165, 1.54) is 0 Å². The Balaban J connectivity index is 1.60. The molecule has 0 aromatic carbocycles. The van der Waals surface area contributed by atoms with Gasteiger partial charge in [0, 0.05) is 50.3 Å². The number of nitrogens with one attached hydrogen (secondary N) is 1. The molecule has 1 N–H and O–H groups in total. The van der Waals surface area contributed by atoms with Crippen molar-refractivity contribution < 1.29 is 9.26 Å². The van der Waals surface area contributed by atoms with Gasteiger partial charge in [-0.25, -0.2) is 9.97 Å². The van der Waals surface area contributed by atoms with E-state index < -0.39 is 0 Å². The van der Waals surface area contributed by atoms with Gasteiger partial charge in [-0.2, -0.15) is 0 Å². The molecule has 0 aliphatic carbocycles. The van der Waals surface area contributed by atoms with Gasteiger partial charge >= 0.3 is 0 Å². The highest BCUT2D eigenvalue weighted by atomic mass is 16.5. The third-order valence-electron chi connectivity index (χ3n) is 4.87. The second-order valence-electron chi connectivity index (χ2n) is 6.77. The van der Waals surface area contributed by atoms with Crippen LogP contribution in [0.5, 0.6) is 0 Å². The Kier molecular flexibility index (Phi) is 5.59. The van der Waals surface area contributed by atoms with Crippen molar-refractivity contribution in [1.82, 2.24) is 25.0 Å². The van der Waals surface area contributed by atoms with Gasteiger partial charge in [-0.15, -0.1) is 0 Å². The number of hydrogen-bond acceptors (Lipinski definition) is 8. The summed E-state index contributed by atoms with van der Waals surface area (Å²) in [6, 6.07) is 3.90. The van der Waals surface area contributed by atoms with E-state index >= 15 is 0 Å². The molecule has 4 heterocycles. The van der Waals surface area contributed by atoms with Crippen LogP contribution in [0.15, 0.2) is 35.2 Å². The van der Waals surface area contributed by atoms with Crippen LogP contribution in [-0.4, -0.2) is 64.4 Å². The lowest BCUT2D eigenvalue weighted by molar-refractivity contribution is 0.0398. The molecule has 0 bridgehead atoms. The first-order chi connectivity index (χ1) is 13.7. The molecule has 1 saturated heterocycles. The Labute approximate surface area is 164 Å². The van der Waals surface area contributed by atoms with Gasteiger partial charge in [0.25, 0.3) is 0 Å². The predicted molar refractivity (Wildman–Crippen MR) is 106 cm³/mol. The largest absolute Gasteiger partial charge is 0.379 e. The molecule has 146 valence electrons. The lowest BCUT2D eigenvalue weighted by atomic mass is 10.0. The van der Waals surface area contributed by atoms with Gasteiger partial charge in [0.15, 0.2) is 0 Å². The van der Waals surface area contributed by atoms with Crippen molar-refractivity contribution in [2.75, 3.05) is 44.7 Å². The maximum Gasteiger partial charge on any atom is 0.223 e. The molecule has 0 spiro atoms. The van der Waals surface area contributed by atoms with Crippen molar-refractivity contribution in [1.29, 1.82) is 0 Å². The minimum atomic E-state index is 0.598. The van der Waals surface area contributed by atoms with Crippen LogP contribution in [0.1, 0.15) is 11.5 Å². The molecule has 28 heavy (non-hydrogen) atoms. The number of ether oxygens (including phenoxy) is 1. The molecule has 0 unspecified atom stereocenters. The maximum atomic E-state index is 5.39. The minimum absolute atomic E-state index is 0.598. The first-order valence-corrected chi connectivity index (χ1v) is 9.47. The Bertz CT molecular complexity index is 902. The zero-order chi connectivity index (χ0) is 19.3. The topological polar surface area (TPSA) is 89.2 Å². The summed E-state index contributed by atoms with van der Waals surface area (Å²) in [6.45, 7) is 9.06. The van der Waals surface area contributed by atoms with Gasteiger partial charge in [0.05, 0.1) is 30.2 Å². The van der Waals surface area contributed by atoms with Gasteiger partial charge in [-0.1, -0.05) is 5.16 Å². The smallest absolute Gasteiger partial charge is 0.223 e. The van der Waals surface area contributed by atoms with Gasteiger partial charge in [-0.05, 0) is 31.5 Å². The molecule has 3 aromatic rings. The van der Waals surface area contributed by atoms with E-state index in [0.717, 1.165) is 73.2 Å². The summed E-state index contributed by atoms with van der Waals surface area (Å²) < 4.78 is 10.8. The zero-order valence-corrected chi connectivity index (χ0v) is 16.2. The summed E-state index contributed by atoms with van der Waals surface area (Å²) in [5.74, 6) is 1.34. The fraction of sp³-hybridized carbons (Fsp3) is 0.400. The lowest BCUT2D eigenvalue weighted by Gasteiger charge is -2.26. The molecule has 0 atom stereocenters. The lowest BCUT2D eigenvalue weighted by Crippen LogP contribution is -2.39. The minimum Gasteiger partial charge on any atom is -0.379 e. The number of rotatable bonds is 6. The summed E-state index contributed by atoms with van der Waals surface area (Å²) in [4.78, 5) is 15.8. The third-order valence-corrected chi connectivity index (χ3v) is 4.87. The first kappa shape index (κ1) is 18.5. The van der Waals surface area contributed by atoms with E-state index in [1.54, 1.807) is 12.4 Å². The second kappa shape index (κ2) is 8.45.